The van der Waals surface area contributed by atoms with Crippen molar-refractivity contribution in [1.29, 1.82) is 0 Å². The van der Waals surface area contributed by atoms with Gasteiger partial charge in [-0.1, -0.05) is 32.8 Å². The molecule has 0 radical (unpaired) electrons. The lowest BCUT2D eigenvalue weighted by molar-refractivity contribution is -0.123. The molecule has 0 spiro atoms. The second kappa shape index (κ2) is 7.53. The highest BCUT2D eigenvalue weighted by atomic mass is 79.9. The fraction of sp³-hybridized carbons (Fsp3) is 0.167. The Morgan fingerprint density at radius 1 is 1.17 bits per heavy atom. The molecule has 2 aromatic carbocycles. The predicted molar refractivity (Wildman–Crippen MR) is 106 cm³/mol. The molecule has 0 aliphatic carbocycles. The van der Waals surface area contributed by atoms with E-state index in [9.17, 15) is 18.8 Å². The van der Waals surface area contributed by atoms with E-state index in [0.717, 1.165) is 15.4 Å². The van der Waals surface area contributed by atoms with Crippen LogP contribution in [0.5, 0.6) is 0 Å². The number of imide groups is 1. The molecule has 0 bridgehead atoms. The summed E-state index contributed by atoms with van der Waals surface area (Å²) in [7, 11) is 0. The summed E-state index contributed by atoms with van der Waals surface area (Å²) in [5.41, 5.74) is 0.706. The summed E-state index contributed by atoms with van der Waals surface area (Å²) in [6.07, 6.45) is 0. The van der Waals surface area contributed by atoms with Crippen LogP contribution in [-0.4, -0.2) is 41.4 Å². The molecule has 0 aromatic heterocycles. The molecular weight excluding hydrogens is 469 g/mol. The number of benzene rings is 2. The van der Waals surface area contributed by atoms with Crippen LogP contribution in [0, 0.1) is 5.82 Å². The molecule has 0 unspecified atom stereocenters. The third kappa shape index (κ3) is 3.60. The number of amides is 3. The van der Waals surface area contributed by atoms with Gasteiger partial charge in [-0.05, 0) is 42.5 Å². The number of carbonyl (C=O) groups is 3. The Kier molecular flexibility index (Phi) is 5.05. The van der Waals surface area contributed by atoms with Gasteiger partial charge in [0.15, 0.2) is 12.1 Å². The zero-order valence-corrected chi connectivity index (χ0v) is 16.9. The molecule has 3 amide bonds. The van der Waals surface area contributed by atoms with Gasteiger partial charge in [0.25, 0.3) is 11.8 Å². The molecule has 2 atom stereocenters. The Morgan fingerprint density at radius 2 is 1.90 bits per heavy atom. The van der Waals surface area contributed by atoms with Crippen LogP contribution in [-0.2, 0) is 14.4 Å². The lowest BCUT2D eigenvalue weighted by Crippen LogP contribution is -2.43. The molecule has 4 rings (SSSR count). The molecule has 148 valence electrons. The highest BCUT2D eigenvalue weighted by molar-refractivity contribution is 9.10. The molecule has 1 saturated heterocycles. The molecule has 11 heteroatoms. The number of rotatable bonds is 4. The number of hydrogen-bond acceptors (Lipinski definition) is 6. The van der Waals surface area contributed by atoms with Crippen LogP contribution >= 0.6 is 27.5 Å². The van der Waals surface area contributed by atoms with Gasteiger partial charge in [-0.3, -0.25) is 19.4 Å². The number of halogens is 3. The fourth-order valence-corrected chi connectivity index (χ4v) is 3.56. The smallest absolute Gasteiger partial charge is 0.263 e. The number of carbonyl (C=O) groups excluding carboxylic acids is 3. The Hall–Kier alpha value is -2.85. The molecule has 0 saturated carbocycles. The van der Waals surface area contributed by atoms with Crippen LogP contribution in [0.2, 0.25) is 5.02 Å². The Bertz CT molecular complexity index is 1050. The van der Waals surface area contributed by atoms with Crippen LogP contribution in [0.1, 0.15) is 0 Å². The van der Waals surface area contributed by atoms with Crippen LogP contribution in [0.3, 0.4) is 0 Å². The van der Waals surface area contributed by atoms with E-state index in [1.165, 1.54) is 17.1 Å². The van der Waals surface area contributed by atoms with Crippen molar-refractivity contribution in [3.05, 3.63) is 57.8 Å². The fourth-order valence-electron chi connectivity index (χ4n) is 3.12. The maximum atomic E-state index is 13.2. The van der Waals surface area contributed by atoms with E-state index >= 15 is 0 Å². The highest BCUT2D eigenvalue weighted by Crippen LogP contribution is 2.32. The van der Waals surface area contributed by atoms with Gasteiger partial charge >= 0.3 is 0 Å². The maximum Gasteiger partial charge on any atom is 0.263 e. The van der Waals surface area contributed by atoms with E-state index in [4.69, 9.17) is 11.6 Å². The summed E-state index contributed by atoms with van der Waals surface area (Å²) >= 11 is 9.00. The molecule has 2 aliphatic heterocycles. The number of anilines is 2. The molecular formula is C18H12BrClFN5O3. The Labute approximate surface area is 177 Å². The first-order chi connectivity index (χ1) is 13.8. The first kappa shape index (κ1) is 19.5. The monoisotopic (exact) mass is 479 g/mol. The summed E-state index contributed by atoms with van der Waals surface area (Å²) in [6.45, 7) is -0.313. The van der Waals surface area contributed by atoms with Gasteiger partial charge in [0.05, 0.1) is 10.7 Å². The zero-order chi connectivity index (χ0) is 20.7. The lowest BCUT2D eigenvalue weighted by Gasteiger charge is -2.20. The zero-order valence-electron chi connectivity index (χ0n) is 14.6. The van der Waals surface area contributed by atoms with Crippen molar-refractivity contribution >= 4 is 56.6 Å². The van der Waals surface area contributed by atoms with Crippen LogP contribution in [0.25, 0.3) is 0 Å². The average Bonchev–Trinajstić information content (AvgIpc) is 3.19. The molecule has 29 heavy (non-hydrogen) atoms. The Morgan fingerprint density at radius 3 is 2.59 bits per heavy atom. The summed E-state index contributed by atoms with van der Waals surface area (Å²) in [5.74, 6) is -2.14. The minimum absolute atomic E-state index is 0.134. The summed E-state index contributed by atoms with van der Waals surface area (Å²) < 4.78 is 14.0. The minimum Gasteiger partial charge on any atom is -0.324 e. The second-order valence-electron chi connectivity index (χ2n) is 6.36. The van der Waals surface area contributed by atoms with Gasteiger partial charge in [0, 0.05) is 10.2 Å². The average molecular weight is 481 g/mol. The highest BCUT2D eigenvalue weighted by Gasteiger charge is 2.55. The standard InChI is InChI=1S/C18H12BrClFN5O3/c19-9-1-4-11(5-2-9)26-17(28)15-16(18(26)29)25(24-23-15)8-14(27)22-10-3-6-13(21)12(20)7-10/h1-7,15-16H,8H2,(H,22,27)/t15-,16-/m0/s1. The number of hydrogen-bond donors (Lipinski definition) is 1. The van der Waals surface area contributed by atoms with E-state index in [2.05, 4.69) is 31.6 Å². The first-order valence-electron chi connectivity index (χ1n) is 8.41. The molecule has 2 aliphatic rings. The van der Waals surface area contributed by atoms with Gasteiger partial charge in [-0.15, -0.1) is 0 Å². The number of nitrogens with one attached hydrogen (secondary N) is 1. The van der Waals surface area contributed by atoms with Crippen molar-refractivity contribution in [3.8, 4) is 0 Å². The summed E-state index contributed by atoms with van der Waals surface area (Å²) in [5, 5.41) is 11.3. The predicted octanol–water partition coefficient (Wildman–Crippen LogP) is 3.17. The minimum atomic E-state index is -1.00. The number of fused-ring (bicyclic) bond motifs is 1. The van der Waals surface area contributed by atoms with Gasteiger partial charge < -0.3 is 5.32 Å². The van der Waals surface area contributed by atoms with Crippen molar-refractivity contribution in [2.75, 3.05) is 16.8 Å². The lowest BCUT2D eigenvalue weighted by atomic mass is 10.1. The normalized spacial score (nSPS) is 20.4. The second-order valence-corrected chi connectivity index (χ2v) is 7.68. The summed E-state index contributed by atoms with van der Waals surface area (Å²) in [6, 6.07) is 8.44. The van der Waals surface area contributed by atoms with Gasteiger partial charge in [-0.25, -0.2) is 9.29 Å². The summed E-state index contributed by atoms with van der Waals surface area (Å²) in [4.78, 5) is 38.9. The van der Waals surface area contributed by atoms with Crippen molar-refractivity contribution in [2.45, 2.75) is 12.1 Å². The van der Waals surface area contributed by atoms with Crippen LogP contribution in [0.15, 0.2) is 57.3 Å². The van der Waals surface area contributed by atoms with Crippen LogP contribution in [0.4, 0.5) is 15.8 Å². The van der Waals surface area contributed by atoms with Gasteiger partial charge in [0.2, 0.25) is 5.91 Å². The molecule has 2 aromatic rings. The molecule has 1 N–H and O–H groups in total. The number of nitrogens with zero attached hydrogens (tertiary/aromatic N) is 4. The van der Waals surface area contributed by atoms with E-state index < -0.39 is 35.6 Å². The van der Waals surface area contributed by atoms with Gasteiger partial charge in [0.1, 0.15) is 12.4 Å². The molecule has 2 heterocycles. The van der Waals surface area contributed by atoms with Crippen molar-refractivity contribution in [1.82, 2.24) is 5.01 Å². The van der Waals surface area contributed by atoms with Crippen molar-refractivity contribution in [2.24, 2.45) is 10.3 Å². The van der Waals surface area contributed by atoms with E-state index in [-0.39, 0.29) is 11.6 Å². The van der Waals surface area contributed by atoms with E-state index in [0.29, 0.717) is 11.4 Å². The molecule has 8 nitrogen and oxygen atoms in total. The topological polar surface area (TPSA) is 94.4 Å². The Balaban J connectivity index is 1.48. The van der Waals surface area contributed by atoms with Crippen LogP contribution < -0.4 is 10.2 Å². The third-order valence-electron chi connectivity index (χ3n) is 4.45. The maximum absolute atomic E-state index is 13.2. The largest absolute Gasteiger partial charge is 0.324 e. The quantitative estimate of drug-likeness (QED) is 0.680. The SMILES string of the molecule is O=C(CN1N=N[C@@H]2C(=O)N(c3ccc(Br)cc3)C(=O)[C@H]21)Nc1ccc(F)c(Cl)c1. The van der Waals surface area contributed by atoms with E-state index in [1.807, 2.05) is 0 Å². The first-order valence-corrected chi connectivity index (χ1v) is 9.58. The van der Waals surface area contributed by atoms with Gasteiger partial charge in [-0.2, -0.15) is 5.11 Å². The third-order valence-corrected chi connectivity index (χ3v) is 5.27. The van der Waals surface area contributed by atoms with E-state index in [1.54, 1.807) is 24.3 Å². The van der Waals surface area contributed by atoms with Crippen molar-refractivity contribution < 1.29 is 18.8 Å². The van der Waals surface area contributed by atoms with Crippen molar-refractivity contribution in [3.63, 3.8) is 0 Å². The molecule has 1 fully saturated rings.